The second-order valence-corrected chi connectivity index (χ2v) is 3.23. The first-order valence-corrected chi connectivity index (χ1v) is 5.14. The molecule has 0 spiro atoms. The molecule has 18 heavy (non-hydrogen) atoms. The van der Waals surface area contributed by atoms with Crippen molar-refractivity contribution >= 4 is 11.9 Å². The van der Waals surface area contributed by atoms with Gasteiger partial charge in [-0.3, -0.25) is 0 Å². The molecular formula is C12H20O6. The van der Waals surface area contributed by atoms with Crippen molar-refractivity contribution in [2.45, 2.75) is 33.4 Å². The molecule has 0 radical (unpaired) electrons. The minimum atomic E-state index is -0.935. The molecule has 0 aromatic rings. The van der Waals surface area contributed by atoms with E-state index in [1.807, 2.05) is 0 Å². The predicted octanol–water partition coefficient (Wildman–Crippen LogP) is 1.72. The average Bonchev–Trinajstić information content (AvgIpc) is 2.28. The van der Waals surface area contributed by atoms with Gasteiger partial charge in [0.25, 0.3) is 0 Å². The maximum atomic E-state index is 10.6. The number of aliphatic carboxylic acids is 1. The fraction of sp³-hybridized carbons (Fsp3) is 0.500. The number of carbonyl (C=O) groups is 2. The minimum Gasteiger partial charge on any atom is -0.478 e. The van der Waals surface area contributed by atoms with E-state index in [4.69, 9.17) is 19.3 Å². The van der Waals surface area contributed by atoms with Crippen LogP contribution in [-0.4, -0.2) is 36.7 Å². The van der Waals surface area contributed by atoms with Gasteiger partial charge in [-0.2, -0.15) is 0 Å². The van der Waals surface area contributed by atoms with Gasteiger partial charge in [-0.05, 0) is 20.8 Å². The fourth-order valence-electron chi connectivity index (χ4n) is 0.565. The Morgan fingerprint density at radius 2 is 1.72 bits per heavy atom. The lowest BCUT2D eigenvalue weighted by Crippen LogP contribution is -2.23. The molecule has 6 nitrogen and oxygen atoms in total. The zero-order chi connectivity index (χ0) is 14.7. The molecule has 0 fully saturated rings. The zero-order valence-corrected chi connectivity index (χ0v) is 11.1. The van der Waals surface area contributed by atoms with Crippen molar-refractivity contribution in [3.05, 3.63) is 24.8 Å². The van der Waals surface area contributed by atoms with Crippen LogP contribution in [0.1, 0.15) is 20.8 Å². The first-order chi connectivity index (χ1) is 8.24. The van der Waals surface area contributed by atoms with Gasteiger partial charge in [0, 0.05) is 18.8 Å². The first-order valence-electron chi connectivity index (χ1n) is 5.14. The molecule has 0 aliphatic rings. The Hall–Kier alpha value is -1.66. The molecule has 2 unspecified atom stereocenters. The number of carboxylic acid groups (broad SMARTS) is 1. The molecule has 2 atom stereocenters. The van der Waals surface area contributed by atoms with E-state index in [9.17, 15) is 9.59 Å². The van der Waals surface area contributed by atoms with Crippen molar-refractivity contribution in [1.29, 1.82) is 0 Å². The SMILES string of the molecule is C=C(C)C(=O)O.C=CC(=O)OC(C)OC(C)OC. The molecule has 0 aromatic heterocycles. The van der Waals surface area contributed by atoms with Crippen molar-refractivity contribution in [3.8, 4) is 0 Å². The normalized spacial score (nSPS) is 12.4. The van der Waals surface area contributed by atoms with Crippen molar-refractivity contribution in [3.63, 3.8) is 0 Å². The third-order valence-electron chi connectivity index (χ3n) is 1.53. The lowest BCUT2D eigenvalue weighted by molar-refractivity contribution is -0.219. The molecule has 0 saturated carbocycles. The Morgan fingerprint density at radius 3 is 2.00 bits per heavy atom. The van der Waals surface area contributed by atoms with Crippen LogP contribution in [0.25, 0.3) is 0 Å². The van der Waals surface area contributed by atoms with E-state index in [2.05, 4.69) is 13.2 Å². The fourth-order valence-corrected chi connectivity index (χ4v) is 0.565. The van der Waals surface area contributed by atoms with Crippen LogP contribution in [-0.2, 0) is 23.8 Å². The minimum absolute atomic E-state index is 0.176. The first kappa shape index (κ1) is 18.7. The van der Waals surface area contributed by atoms with E-state index in [1.165, 1.54) is 14.0 Å². The van der Waals surface area contributed by atoms with Crippen LogP contribution in [0.4, 0.5) is 0 Å². The number of hydrogen-bond acceptors (Lipinski definition) is 5. The maximum absolute atomic E-state index is 10.6. The van der Waals surface area contributed by atoms with E-state index < -0.39 is 24.5 Å². The van der Waals surface area contributed by atoms with Crippen LogP contribution in [0, 0.1) is 0 Å². The Balaban J connectivity index is 0. The van der Waals surface area contributed by atoms with Crippen molar-refractivity contribution in [2.75, 3.05) is 7.11 Å². The quantitative estimate of drug-likeness (QED) is 0.445. The summed E-state index contributed by atoms with van der Waals surface area (Å²) in [5.74, 6) is -1.44. The lowest BCUT2D eigenvalue weighted by atomic mass is 10.4. The van der Waals surface area contributed by atoms with E-state index in [1.54, 1.807) is 13.8 Å². The molecule has 0 amide bonds. The van der Waals surface area contributed by atoms with E-state index in [0.717, 1.165) is 6.08 Å². The highest BCUT2D eigenvalue weighted by Gasteiger charge is 2.09. The van der Waals surface area contributed by atoms with Gasteiger partial charge in [-0.15, -0.1) is 0 Å². The van der Waals surface area contributed by atoms with Crippen molar-refractivity contribution < 1.29 is 28.9 Å². The third-order valence-corrected chi connectivity index (χ3v) is 1.53. The summed E-state index contributed by atoms with van der Waals surface area (Å²) in [5.41, 5.74) is 0.176. The second kappa shape index (κ2) is 10.5. The Labute approximate surface area is 107 Å². The Morgan fingerprint density at radius 1 is 1.28 bits per heavy atom. The van der Waals surface area contributed by atoms with Gasteiger partial charge in [0.15, 0.2) is 6.29 Å². The molecule has 0 heterocycles. The van der Waals surface area contributed by atoms with Gasteiger partial charge in [0.1, 0.15) is 0 Å². The summed E-state index contributed by atoms with van der Waals surface area (Å²) in [6.07, 6.45) is 0.0696. The zero-order valence-electron chi connectivity index (χ0n) is 11.1. The van der Waals surface area contributed by atoms with Gasteiger partial charge in [0.05, 0.1) is 0 Å². The molecule has 1 N–H and O–H groups in total. The largest absolute Gasteiger partial charge is 0.478 e. The molecule has 0 aliphatic heterocycles. The smallest absolute Gasteiger partial charge is 0.332 e. The molecule has 0 aliphatic carbocycles. The topological polar surface area (TPSA) is 82.1 Å². The predicted molar refractivity (Wildman–Crippen MR) is 65.8 cm³/mol. The maximum Gasteiger partial charge on any atom is 0.332 e. The highest BCUT2D eigenvalue weighted by Crippen LogP contribution is 2.00. The van der Waals surface area contributed by atoms with Crippen LogP contribution in [0.5, 0.6) is 0 Å². The lowest BCUT2D eigenvalue weighted by Gasteiger charge is -2.16. The van der Waals surface area contributed by atoms with Crippen LogP contribution in [0.15, 0.2) is 24.8 Å². The van der Waals surface area contributed by atoms with E-state index >= 15 is 0 Å². The highest BCUT2D eigenvalue weighted by atomic mass is 16.8. The molecule has 0 aromatic carbocycles. The summed E-state index contributed by atoms with van der Waals surface area (Å²) in [7, 11) is 1.51. The number of carbonyl (C=O) groups excluding carboxylic acids is 1. The summed E-state index contributed by atoms with van der Waals surface area (Å²) in [6.45, 7) is 11.2. The molecule has 104 valence electrons. The van der Waals surface area contributed by atoms with Crippen LogP contribution < -0.4 is 0 Å². The Bertz CT molecular complexity index is 285. The summed E-state index contributed by atoms with van der Waals surface area (Å²) in [6, 6.07) is 0. The molecule has 0 bridgehead atoms. The van der Waals surface area contributed by atoms with Crippen molar-refractivity contribution in [1.82, 2.24) is 0 Å². The van der Waals surface area contributed by atoms with Crippen LogP contribution in [0.3, 0.4) is 0 Å². The average molecular weight is 260 g/mol. The van der Waals surface area contributed by atoms with E-state index in [0.29, 0.717) is 0 Å². The highest BCUT2D eigenvalue weighted by molar-refractivity contribution is 5.84. The number of esters is 1. The molecule has 0 saturated heterocycles. The number of hydrogen-bond donors (Lipinski definition) is 1. The van der Waals surface area contributed by atoms with E-state index in [-0.39, 0.29) is 5.57 Å². The summed E-state index contributed by atoms with van der Waals surface area (Å²) < 4.78 is 14.6. The standard InChI is InChI=1S/C8H14O4.C4H6O2/c1-5-8(9)12-7(3)11-6(2)10-4;1-3(2)4(5)6/h5-7H,1H2,2-4H3;1H2,2H3,(H,5,6). The molecular weight excluding hydrogens is 240 g/mol. The summed E-state index contributed by atoms with van der Waals surface area (Å²) >= 11 is 0. The van der Waals surface area contributed by atoms with Gasteiger partial charge in [-0.25, -0.2) is 9.59 Å². The number of rotatable bonds is 6. The second-order valence-electron chi connectivity index (χ2n) is 3.23. The van der Waals surface area contributed by atoms with Gasteiger partial charge >= 0.3 is 11.9 Å². The van der Waals surface area contributed by atoms with Gasteiger partial charge in [0.2, 0.25) is 6.29 Å². The molecule has 6 heteroatoms. The Kier molecular flexibility index (Phi) is 10.9. The van der Waals surface area contributed by atoms with Crippen molar-refractivity contribution in [2.24, 2.45) is 0 Å². The third kappa shape index (κ3) is 12.4. The van der Waals surface area contributed by atoms with Gasteiger partial charge in [-0.1, -0.05) is 13.2 Å². The van der Waals surface area contributed by atoms with Crippen LogP contribution >= 0.6 is 0 Å². The molecule has 0 rings (SSSR count). The van der Waals surface area contributed by atoms with Crippen LogP contribution in [0.2, 0.25) is 0 Å². The summed E-state index contributed by atoms with van der Waals surface area (Å²) in [5, 5.41) is 7.89. The number of methoxy groups -OCH3 is 1. The number of ether oxygens (including phenoxy) is 3. The van der Waals surface area contributed by atoms with Gasteiger partial charge < -0.3 is 19.3 Å². The monoisotopic (exact) mass is 260 g/mol. The summed E-state index contributed by atoms with van der Waals surface area (Å²) in [4.78, 5) is 20.2. The number of carboxylic acids is 1.